The molecule has 0 bridgehead atoms. The Morgan fingerprint density at radius 2 is 2.05 bits per heavy atom. The van der Waals surface area contributed by atoms with Crippen LogP contribution in [0.4, 0.5) is 0 Å². The van der Waals surface area contributed by atoms with Gasteiger partial charge in [-0.1, -0.05) is 23.8 Å². The van der Waals surface area contributed by atoms with Crippen molar-refractivity contribution in [1.29, 1.82) is 0 Å². The highest BCUT2D eigenvalue weighted by Gasteiger charge is 2.17. The first-order chi connectivity index (χ1) is 10.1. The first-order valence-corrected chi connectivity index (χ1v) is 7.69. The summed E-state index contributed by atoms with van der Waals surface area (Å²) in [5.74, 6) is -0.288. The van der Waals surface area contributed by atoms with Crippen LogP contribution in [0.3, 0.4) is 0 Å². The van der Waals surface area contributed by atoms with E-state index in [1.165, 1.54) is 23.8 Å². The lowest BCUT2D eigenvalue weighted by Crippen LogP contribution is -2.12. The molecule has 0 aliphatic carbocycles. The van der Waals surface area contributed by atoms with Gasteiger partial charge in [0.25, 0.3) is 0 Å². The van der Waals surface area contributed by atoms with Gasteiger partial charge in [-0.05, 0) is 42.5 Å². The van der Waals surface area contributed by atoms with E-state index in [1.54, 1.807) is 11.3 Å². The molecule has 3 rings (SSSR count). The first kappa shape index (κ1) is 13.9. The van der Waals surface area contributed by atoms with Crippen LogP contribution in [-0.2, 0) is 11.3 Å². The van der Waals surface area contributed by atoms with Gasteiger partial charge in [0.05, 0.1) is 17.3 Å². The Bertz CT molecular complexity index is 813. The van der Waals surface area contributed by atoms with Gasteiger partial charge in [0.1, 0.15) is 5.69 Å². The number of aryl methyl sites for hydroxylation is 2. The first-order valence-electron chi connectivity index (χ1n) is 6.81. The number of carbonyl (C=O) groups is 1. The summed E-state index contributed by atoms with van der Waals surface area (Å²) in [6.07, 6.45) is 0. The number of aromatic nitrogens is 1. The number of methoxy groups -OCH3 is 1. The Kier molecular flexibility index (Phi) is 3.55. The molecule has 0 unspecified atom stereocenters. The molecule has 0 saturated carbocycles. The number of hydrogen-bond acceptors (Lipinski definition) is 3. The summed E-state index contributed by atoms with van der Waals surface area (Å²) < 4.78 is 8.07. The average Bonchev–Trinajstić information content (AvgIpc) is 3.04. The summed E-state index contributed by atoms with van der Waals surface area (Å²) in [5, 5.41) is 2.05. The second-order valence-corrected chi connectivity index (χ2v) is 6.16. The fourth-order valence-corrected chi connectivity index (χ4v) is 3.38. The summed E-state index contributed by atoms with van der Waals surface area (Å²) in [6.45, 7) is 4.86. The molecule has 3 aromatic rings. The number of fused-ring (bicyclic) bond motifs is 1. The van der Waals surface area contributed by atoms with Gasteiger partial charge in [0.15, 0.2) is 0 Å². The Hall–Kier alpha value is -2.07. The van der Waals surface area contributed by atoms with Gasteiger partial charge in [-0.25, -0.2) is 4.79 Å². The van der Waals surface area contributed by atoms with E-state index in [0.29, 0.717) is 12.2 Å². The van der Waals surface area contributed by atoms with E-state index in [0.717, 1.165) is 10.2 Å². The van der Waals surface area contributed by atoms with Crippen molar-refractivity contribution in [1.82, 2.24) is 4.57 Å². The lowest BCUT2D eigenvalue weighted by atomic mass is 10.1. The molecule has 2 heterocycles. The van der Waals surface area contributed by atoms with E-state index < -0.39 is 0 Å². The van der Waals surface area contributed by atoms with E-state index in [1.807, 2.05) is 16.0 Å². The molecular weight excluding hydrogens is 282 g/mol. The number of nitrogens with zero attached hydrogens (tertiary/aromatic N) is 1. The van der Waals surface area contributed by atoms with E-state index in [9.17, 15) is 4.79 Å². The van der Waals surface area contributed by atoms with Crippen LogP contribution < -0.4 is 0 Å². The van der Waals surface area contributed by atoms with Crippen molar-refractivity contribution in [2.24, 2.45) is 0 Å². The zero-order chi connectivity index (χ0) is 15.0. The number of hydrogen-bond donors (Lipinski definition) is 0. The van der Waals surface area contributed by atoms with Crippen molar-refractivity contribution >= 4 is 27.5 Å². The van der Waals surface area contributed by atoms with Crippen LogP contribution in [0, 0.1) is 13.8 Å². The molecule has 1 aromatic carbocycles. The third kappa shape index (κ3) is 2.47. The maximum absolute atomic E-state index is 12.0. The number of benzene rings is 1. The number of thiophene rings is 1. The van der Waals surface area contributed by atoms with Crippen LogP contribution in [0.15, 0.2) is 35.7 Å². The fraction of sp³-hybridized carbons (Fsp3) is 0.235. The van der Waals surface area contributed by atoms with Gasteiger partial charge in [-0.2, -0.15) is 0 Å². The standard InChI is InChI=1S/C17H17NO2S/c1-11-4-5-12(2)13(8-11)10-18-14-6-7-21-16(14)9-15(18)17(19)20-3/h4-9H,10H2,1-3H3. The summed E-state index contributed by atoms with van der Waals surface area (Å²) in [5.41, 5.74) is 5.38. The molecule has 0 radical (unpaired) electrons. The smallest absolute Gasteiger partial charge is 0.354 e. The van der Waals surface area contributed by atoms with Crippen molar-refractivity contribution in [2.75, 3.05) is 7.11 Å². The lowest BCUT2D eigenvalue weighted by Gasteiger charge is -2.12. The van der Waals surface area contributed by atoms with E-state index in [-0.39, 0.29) is 5.97 Å². The van der Waals surface area contributed by atoms with E-state index >= 15 is 0 Å². The third-order valence-electron chi connectivity index (χ3n) is 3.75. The second kappa shape index (κ2) is 5.37. The van der Waals surface area contributed by atoms with Crippen LogP contribution in [-0.4, -0.2) is 17.6 Å². The molecule has 0 aliphatic rings. The van der Waals surface area contributed by atoms with Crippen molar-refractivity contribution in [2.45, 2.75) is 20.4 Å². The lowest BCUT2D eigenvalue weighted by molar-refractivity contribution is 0.0589. The maximum Gasteiger partial charge on any atom is 0.354 e. The second-order valence-electron chi connectivity index (χ2n) is 5.21. The molecule has 0 N–H and O–H groups in total. The minimum absolute atomic E-state index is 0.288. The van der Waals surface area contributed by atoms with E-state index in [4.69, 9.17) is 4.74 Å². The van der Waals surface area contributed by atoms with Crippen molar-refractivity contribution in [3.8, 4) is 0 Å². The summed E-state index contributed by atoms with van der Waals surface area (Å²) in [6, 6.07) is 10.4. The highest BCUT2D eigenvalue weighted by atomic mass is 32.1. The normalized spacial score (nSPS) is 11.0. The van der Waals surface area contributed by atoms with Gasteiger partial charge in [0, 0.05) is 6.54 Å². The molecule has 0 atom stereocenters. The van der Waals surface area contributed by atoms with Crippen LogP contribution in [0.1, 0.15) is 27.2 Å². The number of rotatable bonds is 3. The zero-order valence-corrected chi connectivity index (χ0v) is 13.2. The molecule has 3 nitrogen and oxygen atoms in total. The van der Waals surface area contributed by atoms with Crippen LogP contribution in [0.25, 0.3) is 10.2 Å². The maximum atomic E-state index is 12.0. The molecule has 0 fully saturated rings. The summed E-state index contributed by atoms with van der Waals surface area (Å²) >= 11 is 1.64. The minimum Gasteiger partial charge on any atom is -0.464 e. The molecule has 0 amide bonds. The minimum atomic E-state index is -0.288. The number of ether oxygens (including phenoxy) is 1. The molecule has 21 heavy (non-hydrogen) atoms. The van der Waals surface area contributed by atoms with Gasteiger partial charge < -0.3 is 9.30 Å². The fourth-order valence-electron chi connectivity index (χ4n) is 2.56. The largest absolute Gasteiger partial charge is 0.464 e. The van der Waals surface area contributed by atoms with Gasteiger partial charge in [-0.15, -0.1) is 11.3 Å². The molecule has 0 saturated heterocycles. The topological polar surface area (TPSA) is 31.2 Å². The van der Waals surface area contributed by atoms with Gasteiger partial charge in [0.2, 0.25) is 0 Å². The molecule has 4 heteroatoms. The van der Waals surface area contributed by atoms with Crippen molar-refractivity contribution in [3.05, 3.63) is 58.1 Å². The zero-order valence-electron chi connectivity index (χ0n) is 12.3. The van der Waals surface area contributed by atoms with E-state index in [2.05, 4.69) is 38.1 Å². The highest BCUT2D eigenvalue weighted by molar-refractivity contribution is 7.17. The third-order valence-corrected chi connectivity index (χ3v) is 4.60. The molecular formula is C17H17NO2S. The predicted octanol–water partition coefficient (Wildman–Crippen LogP) is 4.15. The van der Waals surface area contributed by atoms with Gasteiger partial charge in [-0.3, -0.25) is 0 Å². The molecule has 108 valence electrons. The van der Waals surface area contributed by atoms with Crippen LogP contribution in [0.5, 0.6) is 0 Å². The quantitative estimate of drug-likeness (QED) is 0.680. The Morgan fingerprint density at radius 3 is 2.81 bits per heavy atom. The molecule has 0 aliphatic heterocycles. The Labute approximate surface area is 127 Å². The van der Waals surface area contributed by atoms with Gasteiger partial charge >= 0.3 is 5.97 Å². The number of carbonyl (C=O) groups excluding carboxylic acids is 1. The van der Waals surface area contributed by atoms with Crippen LogP contribution >= 0.6 is 11.3 Å². The SMILES string of the molecule is COC(=O)c1cc2sccc2n1Cc1cc(C)ccc1C. The van der Waals surface area contributed by atoms with Crippen molar-refractivity contribution < 1.29 is 9.53 Å². The predicted molar refractivity (Wildman–Crippen MR) is 86.2 cm³/mol. The summed E-state index contributed by atoms with van der Waals surface area (Å²) in [7, 11) is 1.42. The number of esters is 1. The monoisotopic (exact) mass is 299 g/mol. The summed E-state index contributed by atoms with van der Waals surface area (Å²) in [4.78, 5) is 12.0. The molecule has 2 aromatic heterocycles. The Balaban J connectivity index is 2.12. The Morgan fingerprint density at radius 1 is 1.24 bits per heavy atom. The average molecular weight is 299 g/mol. The molecule has 0 spiro atoms. The highest BCUT2D eigenvalue weighted by Crippen LogP contribution is 2.27. The van der Waals surface area contributed by atoms with Crippen molar-refractivity contribution in [3.63, 3.8) is 0 Å². The van der Waals surface area contributed by atoms with Crippen LogP contribution in [0.2, 0.25) is 0 Å².